The minimum Gasteiger partial charge on any atom is -0.493 e. The highest BCUT2D eigenvalue weighted by molar-refractivity contribution is 7.93. The number of carbonyl (C=O) groups is 2. The van der Waals surface area contributed by atoms with Crippen molar-refractivity contribution in [1.29, 1.82) is 0 Å². The lowest BCUT2D eigenvalue weighted by Crippen LogP contribution is -2.48. The summed E-state index contributed by atoms with van der Waals surface area (Å²) in [5.74, 6) is 0.234. The fourth-order valence-electron chi connectivity index (χ4n) is 8.46. The van der Waals surface area contributed by atoms with Crippen LogP contribution >= 0.6 is 0 Å². The third kappa shape index (κ3) is 12.8. The van der Waals surface area contributed by atoms with Crippen molar-refractivity contribution in [2.45, 2.75) is 56.5 Å². The van der Waals surface area contributed by atoms with Crippen molar-refractivity contribution in [3.63, 3.8) is 0 Å². The first kappa shape index (κ1) is 51.4. The summed E-state index contributed by atoms with van der Waals surface area (Å²) < 4.78 is 86.7. The Morgan fingerprint density at radius 1 is 0.560 bits per heavy atom. The second kappa shape index (κ2) is 23.2. The molecule has 0 saturated heterocycles. The predicted molar refractivity (Wildman–Crippen MR) is 281 cm³/mol. The average molecular weight is 1050 g/mol. The molecule has 16 nitrogen and oxygen atoms in total. The van der Waals surface area contributed by atoms with Crippen molar-refractivity contribution in [2.75, 3.05) is 19.1 Å². The van der Waals surface area contributed by atoms with Gasteiger partial charge in [0, 0.05) is 61.6 Å². The van der Waals surface area contributed by atoms with Crippen molar-refractivity contribution < 1.29 is 44.7 Å². The topological polar surface area (TPSA) is 198 Å². The molecule has 5 aromatic carbocycles. The number of benzene rings is 5. The molecule has 1 N–H and O–H groups in total. The van der Waals surface area contributed by atoms with E-state index in [1.165, 1.54) is 28.8 Å². The van der Waals surface area contributed by atoms with Gasteiger partial charge in [0.2, 0.25) is 11.8 Å². The molecule has 0 radical (unpaired) electrons. The largest absolute Gasteiger partial charge is 0.493 e. The van der Waals surface area contributed by atoms with Crippen molar-refractivity contribution in [2.24, 2.45) is 0 Å². The number of amides is 2. The van der Waals surface area contributed by atoms with Gasteiger partial charge < -0.3 is 27.4 Å². The molecule has 0 aliphatic rings. The smallest absolute Gasteiger partial charge is 0.267 e. The number of oxazole rings is 2. The first-order valence-electron chi connectivity index (χ1n) is 24.2. The van der Waals surface area contributed by atoms with Gasteiger partial charge in [0.15, 0.2) is 5.88 Å². The molecule has 0 bridgehead atoms. The Morgan fingerprint density at radius 2 is 0.973 bits per heavy atom. The SMILES string of the molecule is Cc1oc(-c2ccccc2)nc1CCOc1ccc(CC(C(=O)NS(=O)(=O)CN(C(=O)C(Cc2ccc(OCCc3nc(-c4ccccc4)oc3C)cc2)n2cccc2)S(=O)(=O)c2ccccc2)n2cccc2)cc1. The van der Waals surface area contributed by atoms with Crippen LogP contribution < -0.4 is 14.2 Å². The number of nitrogens with one attached hydrogen (secondary N) is 1. The van der Waals surface area contributed by atoms with Crippen LogP contribution in [0.4, 0.5) is 0 Å². The number of aromatic nitrogens is 4. The number of nitrogens with zero attached hydrogens (tertiary/aromatic N) is 5. The maximum Gasteiger partial charge on any atom is 0.267 e. The van der Waals surface area contributed by atoms with Gasteiger partial charge in [-0.15, -0.1) is 0 Å². The molecular formula is C57H54N6O10S2. The molecule has 75 heavy (non-hydrogen) atoms. The number of ether oxygens (including phenoxy) is 2. The summed E-state index contributed by atoms with van der Waals surface area (Å²) in [6, 6.07) is 44.8. The molecule has 2 amide bonds. The van der Waals surface area contributed by atoms with E-state index in [9.17, 15) is 26.4 Å². The number of carbonyl (C=O) groups excluding carboxylic acids is 2. The number of rotatable bonds is 23. The van der Waals surface area contributed by atoms with E-state index in [4.69, 9.17) is 18.3 Å². The lowest BCUT2D eigenvalue weighted by atomic mass is 10.0. The van der Waals surface area contributed by atoms with E-state index < -0.39 is 49.8 Å². The van der Waals surface area contributed by atoms with E-state index in [1.54, 1.807) is 108 Å². The Balaban J connectivity index is 0.873. The van der Waals surface area contributed by atoms with Crippen LogP contribution in [-0.2, 0) is 55.3 Å². The maximum atomic E-state index is 14.9. The van der Waals surface area contributed by atoms with E-state index in [-0.39, 0.29) is 17.7 Å². The third-order valence-corrected chi connectivity index (χ3v) is 15.5. The summed E-state index contributed by atoms with van der Waals surface area (Å²) in [5.41, 5.74) is 4.63. The van der Waals surface area contributed by atoms with Gasteiger partial charge in [-0.3, -0.25) is 9.59 Å². The summed E-state index contributed by atoms with van der Waals surface area (Å²) in [5, 5.41) is 0. The molecule has 384 valence electrons. The molecule has 2 unspecified atom stereocenters. The molecule has 4 aromatic heterocycles. The zero-order valence-corrected chi connectivity index (χ0v) is 42.8. The third-order valence-electron chi connectivity index (χ3n) is 12.4. The Morgan fingerprint density at radius 3 is 1.43 bits per heavy atom. The zero-order valence-electron chi connectivity index (χ0n) is 41.1. The molecule has 0 spiro atoms. The molecule has 18 heteroatoms. The van der Waals surface area contributed by atoms with E-state index >= 15 is 0 Å². The second-order valence-electron chi connectivity index (χ2n) is 17.7. The normalized spacial score (nSPS) is 12.5. The van der Waals surface area contributed by atoms with E-state index in [2.05, 4.69) is 14.7 Å². The standard InChI is InChI=1S/C57H54N6O10S2/c1-41-50(58-55(72-41)45-16-6-3-7-17-45)30-36-70-47-26-22-43(23-27-47)38-52(61-32-12-13-33-61)54(64)60-74(66,67)40-63(75(68,69)49-20-10-5-11-21-49)57(65)53(62-34-14-15-35-62)39-44-24-28-48(29-25-44)71-37-31-51-42(2)73-56(59-51)46-18-8-4-9-19-46/h3-29,32-35,52-53H,30-31,36-40H2,1-2H3,(H,60,64). The molecule has 0 aliphatic heterocycles. The predicted octanol–water partition coefficient (Wildman–Crippen LogP) is 9.35. The summed E-state index contributed by atoms with van der Waals surface area (Å²) in [7, 11) is -9.71. The fraction of sp³-hybridized carbons (Fsp3) is 0.193. The van der Waals surface area contributed by atoms with Crippen molar-refractivity contribution in [3.8, 4) is 34.4 Å². The van der Waals surface area contributed by atoms with E-state index in [0.29, 0.717) is 76.3 Å². The first-order valence-corrected chi connectivity index (χ1v) is 27.3. The fourth-order valence-corrected chi connectivity index (χ4v) is 11.5. The Bertz CT molecular complexity index is 3530. The average Bonchev–Trinajstić information content (AvgIpc) is 4.29. The second-order valence-corrected chi connectivity index (χ2v) is 21.2. The van der Waals surface area contributed by atoms with Crippen LogP contribution in [0.1, 0.15) is 46.1 Å². The van der Waals surface area contributed by atoms with Crippen LogP contribution in [0.3, 0.4) is 0 Å². The van der Waals surface area contributed by atoms with Gasteiger partial charge in [0.05, 0.1) is 29.5 Å². The molecular weight excluding hydrogens is 993 g/mol. The number of hydrogen-bond acceptors (Lipinski definition) is 12. The summed E-state index contributed by atoms with van der Waals surface area (Å²) in [4.78, 5) is 38.0. The minimum atomic E-state index is -4.88. The maximum absolute atomic E-state index is 14.9. The number of aryl methyl sites for hydroxylation is 2. The van der Waals surface area contributed by atoms with Crippen LogP contribution in [0.15, 0.2) is 202 Å². The molecule has 4 heterocycles. The number of hydrogen-bond donors (Lipinski definition) is 1. The highest BCUT2D eigenvalue weighted by atomic mass is 32.2. The van der Waals surface area contributed by atoms with Crippen LogP contribution in [0.2, 0.25) is 0 Å². The van der Waals surface area contributed by atoms with Crippen LogP contribution in [0.5, 0.6) is 11.5 Å². The first-order chi connectivity index (χ1) is 36.3. The van der Waals surface area contributed by atoms with Crippen molar-refractivity contribution >= 4 is 31.9 Å². The van der Waals surface area contributed by atoms with Gasteiger partial charge in [-0.05, 0) is 110 Å². The summed E-state index contributed by atoms with van der Waals surface area (Å²) in [6.07, 6.45) is 7.47. The molecule has 9 rings (SSSR count). The van der Waals surface area contributed by atoms with Crippen LogP contribution in [0, 0.1) is 13.8 Å². The van der Waals surface area contributed by atoms with Crippen LogP contribution in [0.25, 0.3) is 22.9 Å². The Labute approximate surface area is 435 Å². The molecule has 2 atom stereocenters. The molecule has 0 fully saturated rings. The van der Waals surface area contributed by atoms with Gasteiger partial charge in [0.1, 0.15) is 35.1 Å². The van der Waals surface area contributed by atoms with Gasteiger partial charge >= 0.3 is 0 Å². The monoisotopic (exact) mass is 1050 g/mol. The number of sulfonamides is 2. The highest BCUT2D eigenvalue weighted by Crippen LogP contribution is 2.28. The highest BCUT2D eigenvalue weighted by Gasteiger charge is 2.39. The lowest BCUT2D eigenvalue weighted by molar-refractivity contribution is -0.129. The van der Waals surface area contributed by atoms with Gasteiger partial charge in [-0.1, -0.05) is 78.9 Å². The lowest BCUT2D eigenvalue weighted by Gasteiger charge is -2.28. The van der Waals surface area contributed by atoms with Crippen LogP contribution in [-0.4, -0.2) is 71.1 Å². The zero-order chi connectivity index (χ0) is 52.4. The van der Waals surface area contributed by atoms with Crippen molar-refractivity contribution in [3.05, 3.63) is 223 Å². The Hall–Kier alpha value is -8.48. The Kier molecular flexibility index (Phi) is 15.9. The van der Waals surface area contributed by atoms with E-state index in [1.807, 2.05) is 74.5 Å². The molecule has 9 aromatic rings. The van der Waals surface area contributed by atoms with Gasteiger partial charge in [-0.2, -0.15) is 0 Å². The summed E-state index contributed by atoms with van der Waals surface area (Å²) in [6.45, 7) is 4.35. The quantitative estimate of drug-likeness (QED) is 0.0638. The minimum absolute atomic E-state index is 0.0300. The van der Waals surface area contributed by atoms with Crippen molar-refractivity contribution in [1.82, 2.24) is 28.1 Å². The molecule has 0 aliphatic carbocycles. The van der Waals surface area contributed by atoms with E-state index in [0.717, 1.165) is 22.5 Å². The van der Waals surface area contributed by atoms with Gasteiger partial charge in [-0.25, -0.2) is 35.8 Å². The van der Waals surface area contributed by atoms with Gasteiger partial charge in [0.25, 0.3) is 31.9 Å². The summed E-state index contributed by atoms with van der Waals surface area (Å²) >= 11 is 0. The molecule has 0 saturated carbocycles.